The number of benzene rings is 2. The molecule has 3 rings (SSSR count). The van der Waals surface area contributed by atoms with Crippen LogP contribution in [-0.2, 0) is 6.42 Å². The lowest BCUT2D eigenvalue weighted by Crippen LogP contribution is -1.99. The van der Waals surface area contributed by atoms with E-state index in [-0.39, 0.29) is 5.82 Å². The molecule has 0 spiro atoms. The lowest BCUT2D eigenvalue weighted by Gasteiger charge is -2.11. The SMILES string of the molecule is O=Cc1ccc(OCCCCCc2cccc(F)c2)c(-c2cccs2)c1. The third-order valence-corrected chi connectivity index (χ3v) is 5.09. The van der Waals surface area contributed by atoms with E-state index in [1.54, 1.807) is 29.5 Å². The second-order valence-electron chi connectivity index (χ2n) is 6.14. The number of unbranched alkanes of at least 4 members (excludes halogenated alkanes) is 2. The highest BCUT2D eigenvalue weighted by molar-refractivity contribution is 7.13. The number of hydrogen-bond acceptors (Lipinski definition) is 3. The van der Waals surface area contributed by atoms with Crippen LogP contribution in [0.3, 0.4) is 0 Å². The zero-order valence-electron chi connectivity index (χ0n) is 14.5. The molecule has 2 aromatic carbocycles. The first-order chi connectivity index (χ1) is 12.8. The van der Waals surface area contributed by atoms with Gasteiger partial charge >= 0.3 is 0 Å². The first-order valence-electron chi connectivity index (χ1n) is 8.76. The summed E-state index contributed by atoms with van der Waals surface area (Å²) in [6.45, 7) is 0.627. The molecule has 0 aliphatic carbocycles. The normalized spacial score (nSPS) is 10.7. The van der Waals surface area contributed by atoms with E-state index in [9.17, 15) is 9.18 Å². The first kappa shape index (κ1) is 18.3. The molecule has 0 atom stereocenters. The standard InChI is InChI=1S/C22H21FO2S/c23-19-8-4-7-17(14-19)6-2-1-3-12-25-21-11-10-18(16-24)15-20(21)22-9-5-13-26-22/h4-5,7-11,13-16H,1-3,6,12H2. The minimum absolute atomic E-state index is 0.175. The average Bonchev–Trinajstić information content (AvgIpc) is 3.19. The van der Waals surface area contributed by atoms with E-state index in [2.05, 4.69) is 0 Å². The smallest absolute Gasteiger partial charge is 0.150 e. The molecule has 0 bridgehead atoms. The summed E-state index contributed by atoms with van der Waals surface area (Å²) in [4.78, 5) is 12.1. The summed E-state index contributed by atoms with van der Waals surface area (Å²) in [6, 6.07) is 16.3. The van der Waals surface area contributed by atoms with Gasteiger partial charge in [-0.1, -0.05) is 18.2 Å². The van der Waals surface area contributed by atoms with Gasteiger partial charge in [-0.2, -0.15) is 0 Å². The van der Waals surface area contributed by atoms with Gasteiger partial charge < -0.3 is 4.74 Å². The Hall–Kier alpha value is -2.46. The number of hydrogen-bond donors (Lipinski definition) is 0. The molecule has 0 amide bonds. The van der Waals surface area contributed by atoms with E-state index in [1.807, 2.05) is 35.7 Å². The van der Waals surface area contributed by atoms with E-state index >= 15 is 0 Å². The van der Waals surface area contributed by atoms with Crippen molar-refractivity contribution in [2.45, 2.75) is 25.7 Å². The van der Waals surface area contributed by atoms with Gasteiger partial charge in [-0.3, -0.25) is 4.79 Å². The van der Waals surface area contributed by atoms with Gasteiger partial charge in [-0.05, 0) is 73.0 Å². The monoisotopic (exact) mass is 368 g/mol. The molecule has 0 aliphatic heterocycles. The Kier molecular flexibility index (Phi) is 6.56. The van der Waals surface area contributed by atoms with Crippen LogP contribution in [0.15, 0.2) is 60.0 Å². The van der Waals surface area contributed by atoms with Crippen LogP contribution < -0.4 is 4.74 Å². The zero-order valence-corrected chi connectivity index (χ0v) is 15.3. The van der Waals surface area contributed by atoms with Crippen molar-refractivity contribution in [2.24, 2.45) is 0 Å². The van der Waals surface area contributed by atoms with E-state index in [1.165, 1.54) is 6.07 Å². The summed E-state index contributed by atoms with van der Waals surface area (Å²) >= 11 is 1.63. The first-order valence-corrected chi connectivity index (χ1v) is 9.64. The molecule has 4 heteroatoms. The fourth-order valence-corrected chi connectivity index (χ4v) is 3.60. The van der Waals surface area contributed by atoms with E-state index in [4.69, 9.17) is 4.74 Å². The Labute approximate surface area is 157 Å². The van der Waals surface area contributed by atoms with Crippen molar-refractivity contribution < 1.29 is 13.9 Å². The summed E-state index contributed by atoms with van der Waals surface area (Å²) in [6.07, 6.45) is 4.71. The van der Waals surface area contributed by atoms with Gasteiger partial charge in [-0.15, -0.1) is 11.3 Å². The van der Waals surface area contributed by atoms with Crippen LogP contribution in [-0.4, -0.2) is 12.9 Å². The summed E-state index contributed by atoms with van der Waals surface area (Å²) in [5, 5.41) is 2.01. The molecular formula is C22H21FO2S. The Morgan fingerprint density at radius 3 is 2.69 bits per heavy atom. The molecule has 0 aliphatic rings. The van der Waals surface area contributed by atoms with Gasteiger partial charge in [0, 0.05) is 16.0 Å². The molecule has 1 heterocycles. The van der Waals surface area contributed by atoms with Crippen molar-refractivity contribution >= 4 is 17.6 Å². The van der Waals surface area contributed by atoms with Gasteiger partial charge in [0.2, 0.25) is 0 Å². The van der Waals surface area contributed by atoms with E-state index < -0.39 is 0 Å². The van der Waals surface area contributed by atoms with Crippen molar-refractivity contribution in [3.05, 3.63) is 76.9 Å². The number of ether oxygens (including phenoxy) is 1. The third kappa shape index (κ3) is 5.02. The Balaban J connectivity index is 1.49. The Morgan fingerprint density at radius 2 is 1.92 bits per heavy atom. The molecule has 134 valence electrons. The Morgan fingerprint density at radius 1 is 1.00 bits per heavy atom. The predicted molar refractivity (Wildman–Crippen MR) is 105 cm³/mol. The van der Waals surface area contributed by atoms with Crippen molar-refractivity contribution in [1.82, 2.24) is 0 Å². The highest BCUT2D eigenvalue weighted by Crippen LogP contribution is 2.34. The van der Waals surface area contributed by atoms with Crippen molar-refractivity contribution in [3.63, 3.8) is 0 Å². The largest absolute Gasteiger partial charge is 0.493 e. The number of thiophene rings is 1. The summed E-state index contributed by atoms with van der Waals surface area (Å²) in [7, 11) is 0. The molecule has 0 saturated carbocycles. The van der Waals surface area contributed by atoms with E-state index in [0.717, 1.165) is 53.7 Å². The van der Waals surface area contributed by atoms with Crippen LogP contribution in [0.1, 0.15) is 35.2 Å². The number of halogens is 1. The maximum atomic E-state index is 13.2. The van der Waals surface area contributed by atoms with Gasteiger partial charge in [0.1, 0.15) is 17.9 Å². The predicted octanol–water partition coefficient (Wildman–Crippen LogP) is 6.16. The molecule has 1 aromatic heterocycles. The second kappa shape index (κ2) is 9.30. The molecule has 0 fully saturated rings. The lowest BCUT2D eigenvalue weighted by atomic mass is 10.1. The summed E-state index contributed by atoms with van der Waals surface area (Å²) in [5.74, 6) is 0.633. The molecule has 2 nitrogen and oxygen atoms in total. The van der Waals surface area contributed by atoms with Crippen LogP contribution in [0.2, 0.25) is 0 Å². The minimum Gasteiger partial charge on any atom is -0.493 e. The van der Waals surface area contributed by atoms with Crippen molar-refractivity contribution in [2.75, 3.05) is 6.61 Å². The van der Waals surface area contributed by atoms with Gasteiger partial charge in [-0.25, -0.2) is 4.39 Å². The van der Waals surface area contributed by atoms with Gasteiger partial charge in [0.15, 0.2) is 0 Å². The van der Waals surface area contributed by atoms with Gasteiger partial charge in [0.05, 0.1) is 6.61 Å². The molecule has 0 radical (unpaired) electrons. The van der Waals surface area contributed by atoms with Crippen LogP contribution in [0.4, 0.5) is 4.39 Å². The van der Waals surface area contributed by atoms with Gasteiger partial charge in [0.25, 0.3) is 0 Å². The van der Waals surface area contributed by atoms with E-state index in [0.29, 0.717) is 12.2 Å². The van der Waals surface area contributed by atoms with Crippen molar-refractivity contribution in [1.29, 1.82) is 0 Å². The molecule has 0 unspecified atom stereocenters. The van der Waals surface area contributed by atoms with Crippen LogP contribution in [0.5, 0.6) is 5.75 Å². The molecule has 3 aromatic rings. The summed E-state index contributed by atoms with van der Waals surface area (Å²) < 4.78 is 19.1. The fourth-order valence-electron chi connectivity index (χ4n) is 2.85. The Bertz CT molecular complexity index is 843. The molecule has 0 saturated heterocycles. The number of carbonyl (C=O) groups excluding carboxylic acids is 1. The second-order valence-corrected chi connectivity index (χ2v) is 7.09. The zero-order chi connectivity index (χ0) is 18.2. The van der Waals surface area contributed by atoms with Crippen molar-refractivity contribution in [3.8, 4) is 16.2 Å². The third-order valence-electron chi connectivity index (χ3n) is 4.18. The molecular weight excluding hydrogens is 347 g/mol. The number of aldehydes is 1. The van der Waals surface area contributed by atoms with Crippen LogP contribution in [0.25, 0.3) is 10.4 Å². The average molecular weight is 368 g/mol. The lowest BCUT2D eigenvalue weighted by molar-refractivity contribution is 0.112. The number of rotatable bonds is 9. The number of carbonyl (C=O) groups is 1. The van der Waals surface area contributed by atoms with Crippen LogP contribution in [0, 0.1) is 5.82 Å². The number of aryl methyl sites for hydroxylation is 1. The highest BCUT2D eigenvalue weighted by Gasteiger charge is 2.09. The van der Waals surface area contributed by atoms with Crippen LogP contribution >= 0.6 is 11.3 Å². The maximum Gasteiger partial charge on any atom is 0.150 e. The quantitative estimate of drug-likeness (QED) is 0.334. The minimum atomic E-state index is -0.175. The highest BCUT2D eigenvalue weighted by atomic mass is 32.1. The fraction of sp³-hybridized carbons (Fsp3) is 0.227. The molecule has 0 N–H and O–H groups in total. The summed E-state index contributed by atoms with van der Waals surface area (Å²) in [5.41, 5.74) is 2.65. The topological polar surface area (TPSA) is 26.3 Å². The maximum absolute atomic E-state index is 13.2. The molecule has 26 heavy (non-hydrogen) atoms.